The van der Waals surface area contributed by atoms with Gasteiger partial charge in [0.05, 0.1) is 11.5 Å². The smallest absolute Gasteiger partial charge is 0.313 e. The lowest BCUT2D eigenvalue weighted by molar-refractivity contribution is -0.386. The molecule has 0 fully saturated rings. The van der Waals surface area contributed by atoms with E-state index in [-0.39, 0.29) is 11.7 Å². The summed E-state index contributed by atoms with van der Waals surface area (Å²) in [7, 11) is 3.22. The predicted octanol–water partition coefficient (Wildman–Crippen LogP) is 0.153. The first-order valence-corrected chi connectivity index (χ1v) is 4.88. The fourth-order valence-corrected chi connectivity index (χ4v) is 1.68. The first kappa shape index (κ1) is 12.6. The fraction of sp³-hybridized carbons (Fsp3) is 0.667. The maximum Gasteiger partial charge on any atom is 0.313 e. The summed E-state index contributed by atoms with van der Waals surface area (Å²) in [5.74, 6) is 0. The van der Waals surface area contributed by atoms with Crippen LogP contribution in [-0.4, -0.2) is 34.5 Å². The van der Waals surface area contributed by atoms with Gasteiger partial charge in [0.2, 0.25) is 0 Å². The van der Waals surface area contributed by atoms with E-state index in [1.807, 2.05) is 0 Å². The second kappa shape index (κ2) is 5.04. The summed E-state index contributed by atoms with van der Waals surface area (Å²) in [5, 5.41) is 14.9. The van der Waals surface area contributed by atoms with Crippen LogP contribution in [0.15, 0.2) is 0 Å². The van der Waals surface area contributed by atoms with Gasteiger partial charge in [0, 0.05) is 26.6 Å². The molecule has 0 aliphatic heterocycles. The van der Waals surface area contributed by atoms with Crippen molar-refractivity contribution in [1.82, 2.24) is 9.78 Å². The second-order valence-electron chi connectivity index (χ2n) is 3.68. The van der Waals surface area contributed by atoms with Gasteiger partial charge in [-0.05, 0) is 6.92 Å². The van der Waals surface area contributed by atoms with Gasteiger partial charge in [-0.1, -0.05) is 0 Å². The molecule has 1 atom stereocenters. The Hall–Kier alpha value is -1.47. The molecular weight excluding hydrogens is 212 g/mol. The molecule has 0 aromatic carbocycles. The van der Waals surface area contributed by atoms with Crippen LogP contribution in [-0.2, 0) is 18.2 Å². The largest absolute Gasteiger partial charge is 0.383 e. The lowest BCUT2D eigenvalue weighted by atomic mass is 10.1. The third-order valence-electron chi connectivity index (χ3n) is 2.33. The minimum Gasteiger partial charge on any atom is -0.383 e. The van der Waals surface area contributed by atoms with Gasteiger partial charge in [0.25, 0.3) is 0 Å². The summed E-state index contributed by atoms with van der Waals surface area (Å²) in [6.45, 7) is 1.98. The summed E-state index contributed by atoms with van der Waals surface area (Å²) < 4.78 is 6.40. The SMILES string of the molecule is COCC(N)Cc1c([N+](=O)[O-])c(C)nn1C. The molecule has 16 heavy (non-hydrogen) atoms. The van der Waals surface area contributed by atoms with Gasteiger partial charge in [-0.25, -0.2) is 0 Å². The summed E-state index contributed by atoms with van der Waals surface area (Å²) in [5.41, 5.74) is 6.77. The number of nitro groups is 1. The Bertz CT molecular complexity index is 388. The van der Waals surface area contributed by atoms with Crippen LogP contribution in [0.4, 0.5) is 5.69 Å². The van der Waals surface area contributed by atoms with Gasteiger partial charge in [-0.2, -0.15) is 5.10 Å². The first-order chi connectivity index (χ1) is 7.47. The van der Waals surface area contributed by atoms with Crippen LogP contribution in [0.2, 0.25) is 0 Å². The molecule has 1 unspecified atom stereocenters. The number of hydrogen-bond acceptors (Lipinski definition) is 5. The number of nitrogens with zero attached hydrogens (tertiary/aromatic N) is 3. The van der Waals surface area contributed by atoms with E-state index in [0.717, 1.165) is 0 Å². The first-order valence-electron chi connectivity index (χ1n) is 4.88. The topological polar surface area (TPSA) is 96.2 Å². The van der Waals surface area contributed by atoms with Gasteiger partial charge in [0.15, 0.2) is 0 Å². The molecule has 0 aliphatic rings. The Balaban J connectivity index is 2.98. The van der Waals surface area contributed by atoms with Crippen LogP contribution >= 0.6 is 0 Å². The van der Waals surface area contributed by atoms with Gasteiger partial charge >= 0.3 is 5.69 Å². The van der Waals surface area contributed by atoms with Crippen molar-refractivity contribution in [2.45, 2.75) is 19.4 Å². The van der Waals surface area contributed by atoms with Crippen molar-refractivity contribution in [1.29, 1.82) is 0 Å². The zero-order valence-electron chi connectivity index (χ0n) is 9.64. The molecule has 7 heteroatoms. The van der Waals surface area contributed by atoms with Crippen LogP contribution in [0.5, 0.6) is 0 Å². The molecule has 0 amide bonds. The Morgan fingerprint density at radius 2 is 2.31 bits per heavy atom. The normalized spacial score (nSPS) is 12.8. The second-order valence-corrected chi connectivity index (χ2v) is 3.68. The molecule has 1 aromatic heterocycles. The zero-order chi connectivity index (χ0) is 12.3. The number of methoxy groups -OCH3 is 1. The molecule has 90 valence electrons. The van der Waals surface area contributed by atoms with Crippen molar-refractivity contribution in [3.8, 4) is 0 Å². The zero-order valence-corrected chi connectivity index (χ0v) is 9.64. The molecule has 7 nitrogen and oxygen atoms in total. The van der Waals surface area contributed by atoms with E-state index in [1.54, 1.807) is 21.1 Å². The standard InChI is InChI=1S/C9H16N4O3/c1-6-9(13(14)15)8(12(2)11-6)4-7(10)5-16-3/h7H,4-5,10H2,1-3H3. The van der Waals surface area contributed by atoms with Crippen LogP contribution in [0, 0.1) is 17.0 Å². The van der Waals surface area contributed by atoms with E-state index in [4.69, 9.17) is 10.5 Å². The maximum atomic E-state index is 10.9. The molecule has 0 spiro atoms. The Kier molecular flexibility index (Phi) is 3.97. The summed E-state index contributed by atoms with van der Waals surface area (Å²) in [4.78, 5) is 10.5. The van der Waals surface area contributed by atoms with Crippen LogP contribution in [0.1, 0.15) is 11.4 Å². The van der Waals surface area contributed by atoms with Crippen molar-refractivity contribution in [3.05, 3.63) is 21.5 Å². The highest BCUT2D eigenvalue weighted by Crippen LogP contribution is 2.23. The number of nitrogens with two attached hydrogens (primary N) is 1. The molecule has 0 aliphatic carbocycles. The maximum absolute atomic E-state index is 10.9. The summed E-state index contributed by atoms with van der Waals surface area (Å²) in [6, 6.07) is -0.265. The van der Waals surface area contributed by atoms with E-state index in [2.05, 4.69) is 5.10 Å². The van der Waals surface area contributed by atoms with Crippen LogP contribution < -0.4 is 5.73 Å². The Morgan fingerprint density at radius 1 is 1.69 bits per heavy atom. The van der Waals surface area contributed by atoms with E-state index in [9.17, 15) is 10.1 Å². The van der Waals surface area contributed by atoms with Crippen molar-refractivity contribution in [2.75, 3.05) is 13.7 Å². The fourth-order valence-electron chi connectivity index (χ4n) is 1.68. The van der Waals surface area contributed by atoms with E-state index in [1.165, 1.54) is 4.68 Å². The number of rotatable bonds is 5. The molecule has 0 saturated heterocycles. The molecule has 1 heterocycles. The number of hydrogen-bond donors (Lipinski definition) is 1. The minimum atomic E-state index is -0.419. The Morgan fingerprint density at radius 3 is 2.81 bits per heavy atom. The lowest BCUT2D eigenvalue weighted by Gasteiger charge is -2.09. The average Bonchev–Trinajstić information content (AvgIpc) is 2.41. The minimum absolute atomic E-state index is 0.0500. The van der Waals surface area contributed by atoms with E-state index < -0.39 is 4.92 Å². The van der Waals surface area contributed by atoms with E-state index in [0.29, 0.717) is 24.4 Å². The third kappa shape index (κ3) is 2.56. The quantitative estimate of drug-likeness (QED) is 0.571. The van der Waals surface area contributed by atoms with Crippen LogP contribution in [0.25, 0.3) is 0 Å². The molecule has 0 bridgehead atoms. The predicted molar refractivity (Wildman–Crippen MR) is 58.2 cm³/mol. The third-order valence-corrected chi connectivity index (χ3v) is 2.33. The van der Waals surface area contributed by atoms with Gasteiger partial charge in [-0.15, -0.1) is 0 Å². The molecule has 1 aromatic rings. The number of aromatic nitrogens is 2. The highest BCUT2D eigenvalue weighted by Gasteiger charge is 2.24. The Labute approximate surface area is 93.3 Å². The summed E-state index contributed by atoms with van der Waals surface area (Å²) in [6.07, 6.45) is 0.376. The summed E-state index contributed by atoms with van der Waals surface area (Å²) >= 11 is 0. The van der Waals surface area contributed by atoms with Crippen molar-refractivity contribution >= 4 is 5.69 Å². The molecular formula is C9H16N4O3. The van der Waals surface area contributed by atoms with E-state index >= 15 is 0 Å². The highest BCUT2D eigenvalue weighted by atomic mass is 16.6. The lowest BCUT2D eigenvalue weighted by Crippen LogP contribution is -2.29. The average molecular weight is 228 g/mol. The van der Waals surface area contributed by atoms with Crippen molar-refractivity contribution < 1.29 is 9.66 Å². The monoisotopic (exact) mass is 228 g/mol. The molecule has 0 radical (unpaired) electrons. The van der Waals surface area contributed by atoms with Crippen molar-refractivity contribution in [2.24, 2.45) is 12.8 Å². The molecule has 0 saturated carbocycles. The van der Waals surface area contributed by atoms with Gasteiger partial charge < -0.3 is 10.5 Å². The van der Waals surface area contributed by atoms with Crippen molar-refractivity contribution in [3.63, 3.8) is 0 Å². The highest BCUT2D eigenvalue weighted by molar-refractivity contribution is 5.40. The molecule has 2 N–H and O–H groups in total. The van der Waals surface area contributed by atoms with Crippen LogP contribution in [0.3, 0.4) is 0 Å². The number of ether oxygens (including phenoxy) is 1. The van der Waals surface area contributed by atoms with Gasteiger partial charge in [-0.3, -0.25) is 14.8 Å². The number of aryl methyl sites for hydroxylation is 2. The van der Waals surface area contributed by atoms with Gasteiger partial charge in [0.1, 0.15) is 11.4 Å². The molecule has 1 rings (SSSR count).